The summed E-state index contributed by atoms with van der Waals surface area (Å²) in [7, 11) is 0. The predicted molar refractivity (Wildman–Crippen MR) is 95.9 cm³/mol. The number of aromatic nitrogens is 3. The van der Waals surface area contributed by atoms with Crippen molar-refractivity contribution in [3.05, 3.63) is 35.7 Å². The molecule has 132 valence electrons. The van der Waals surface area contributed by atoms with E-state index in [1.54, 1.807) is 13.8 Å². The molecule has 0 saturated carbocycles. The first-order chi connectivity index (χ1) is 11.8. The van der Waals surface area contributed by atoms with Gasteiger partial charge in [0.15, 0.2) is 5.16 Å². The first-order valence-electron chi connectivity index (χ1n) is 8.06. The molecule has 3 amide bonds. The van der Waals surface area contributed by atoms with Gasteiger partial charge in [0.1, 0.15) is 11.4 Å². The van der Waals surface area contributed by atoms with Gasteiger partial charge in [0.25, 0.3) is 5.91 Å². The molecule has 1 aliphatic rings. The molecule has 2 aromatic rings. The molecule has 0 radical (unpaired) electrons. The molecule has 1 fully saturated rings. The summed E-state index contributed by atoms with van der Waals surface area (Å²) < 4.78 is 2.00. The summed E-state index contributed by atoms with van der Waals surface area (Å²) in [6.07, 6.45) is 0. The van der Waals surface area contributed by atoms with Gasteiger partial charge < -0.3 is 5.32 Å². The Kier molecular flexibility index (Phi) is 4.55. The summed E-state index contributed by atoms with van der Waals surface area (Å²) in [6.45, 7) is 7.69. The monoisotopic (exact) mass is 359 g/mol. The molecular formula is C17H21N5O2S. The number of nitrogens with zero attached hydrogens (tertiary/aromatic N) is 4. The average molecular weight is 359 g/mol. The van der Waals surface area contributed by atoms with E-state index in [9.17, 15) is 9.59 Å². The number of urea groups is 1. The van der Waals surface area contributed by atoms with E-state index in [1.807, 2.05) is 42.7 Å². The van der Waals surface area contributed by atoms with Crippen LogP contribution >= 0.6 is 11.8 Å². The Bertz CT molecular complexity index is 830. The van der Waals surface area contributed by atoms with Crippen LogP contribution in [0.15, 0.2) is 29.4 Å². The Balaban J connectivity index is 1.73. The Morgan fingerprint density at radius 2 is 1.88 bits per heavy atom. The van der Waals surface area contributed by atoms with Crippen molar-refractivity contribution in [2.45, 2.75) is 38.4 Å². The number of aryl methyl sites for hydroxylation is 2. The normalized spacial score (nSPS) is 16.4. The van der Waals surface area contributed by atoms with Crippen LogP contribution in [0.1, 0.15) is 25.2 Å². The van der Waals surface area contributed by atoms with Crippen LogP contribution in [0, 0.1) is 13.8 Å². The number of carbonyl (C=O) groups is 2. The van der Waals surface area contributed by atoms with E-state index in [0.29, 0.717) is 12.3 Å². The highest BCUT2D eigenvalue weighted by molar-refractivity contribution is 7.99. The Labute approximate surface area is 150 Å². The summed E-state index contributed by atoms with van der Waals surface area (Å²) >= 11 is 1.48. The maximum absolute atomic E-state index is 12.2. The van der Waals surface area contributed by atoms with Crippen molar-refractivity contribution in [1.29, 1.82) is 0 Å². The third-order valence-electron chi connectivity index (χ3n) is 4.14. The zero-order valence-corrected chi connectivity index (χ0v) is 15.6. The molecule has 1 aromatic carbocycles. The minimum absolute atomic E-state index is 0.199. The molecule has 0 spiro atoms. The molecule has 1 aliphatic heterocycles. The topological polar surface area (TPSA) is 80.1 Å². The van der Waals surface area contributed by atoms with E-state index in [4.69, 9.17) is 0 Å². The smallest absolute Gasteiger partial charge is 0.324 e. The van der Waals surface area contributed by atoms with Gasteiger partial charge in [-0.1, -0.05) is 30.0 Å². The Morgan fingerprint density at radius 3 is 2.52 bits per heavy atom. The fourth-order valence-electron chi connectivity index (χ4n) is 2.78. The number of imide groups is 1. The number of carbonyl (C=O) groups excluding carboxylic acids is 2. The summed E-state index contributed by atoms with van der Waals surface area (Å²) in [5.74, 6) is 1.15. The van der Waals surface area contributed by atoms with Crippen LogP contribution in [0.25, 0.3) is 5.69 Å². The van der Waals surface area contributed by atoms with E-state index in [1.165, 1.54) is 16.7 Å². The van der Waals surface area contributed by atoms with Crippen LogP contribution in [-0.4, -0.2) is 49.4 Å². The quantitative estimate of drug-likeness (QED) is 0.654. The zero-order valence-electron chi connectivity index (χ0n) is 14.7. The van der Waals surface area contributed by atoms with Crippen LogP contribution < -0.4 is 5.32 Å². The second-order valence-electron chi connectivity index (χ2n) is 6.51. The maximum Gasteiger partial charge on any atom is 0.325 e. The Morgan fingerprint density at radius 1 is 1.16 bits per heavy atom. The first kappa shape index (κ1) is 17.5. The van der Waals surface area contributed by atoms with Crippen molar-refractivity contribution >= 4 is 23.7 Å². The number of para-hydroxylation sites is 1. The summed E-state index contributed by atoms with van der Waals surface area (Å²) in [5.41, 5.74) is 1.33. The number of amides is 3. The van der Waals surface area contributed by atoms with Gasteiger partial charge in [-0.05, 0) is 39.3 Å². The van der Waals surface area contributed by atoms with Gasteiger partial charge >= 0.3 is 6.03 Å². The second kappa shape index (κ2) is 6.51. The summed E-state index contributed by atoms with van der Waals surface area (Å²) in [4.78, 5) is 25.4. The van der Waals surface area contributed by atoms with Crippen molar-refractivity contribution < 1.29 is 9.59 Å². The molecule has 2 heterocycles. The lowest BCUT2D eigenvalue weighted by Gasteiger charge is -2.16. The third-order valence-corrected chi connectivity index (χ3v) is 5.05. The molecule has 0 atom stereocenters. The highest BCUT2D eigenvalue weighted by atomic mass is 32.2. The fourth-order valence-corrected chi connectivity index (χ4v) is 3.69. The highest BCUT2D eigenvalue weighted by Gasteiger charge is 2.43. The minimum atomic E-state index is -0.834. The summed E-state index contributed by atoms with van der Waals surface area (Å²) in [5, 5.41) is 11.8. The lowest BCUT2D eigenvalue weighted by molar-refractivity contribution is -0.130. The predicted octanol–water partition coefficient (Wildman–Crippen LogP) is 2.31. The Hall–Kier alpha value is -2.35. The number of thioether (sulfide) groups is 1. The molecule has 0 unspecified atom stereocenters. The number of rotatable bonds is 5. The van der Waals surface area contributed by atoms with Gasteiger partial charge in [0.2, 0.25) is 0 Å². The van der Waals surface area contributed by atoms with Crippen molar-refractivity contribution in [3.8, 4) is 5.69 Å². The van der Waals surface area contributed by atoms with Gasteiger partial charge in [-0.2, -0.15) is 0 Å². The molecule has 1 saturated heterocycles. The standard InChI is InChI=1S/C17H21N5O2S/c1-11-7-5-6-8-13(11)22-12(2)19-20-16(22)25-10-9-21-14(23)17(3,4)18-15(21)24/h5-8H,9-10H2,1-4H3,(H,18,24). The molecule has 1 aromatic heterocycles. The maximum atomic E-state index is 12.2. The molecule has 7 nitrogen and oxygen atoms in total. The zero-order chi connectivity index (χ0) is 18.2. The molecular weight excluding hydrogens is 338 g/mol. The van der Waals surface area contributed by atoms with Crippen molar-refractivity contribution in [1.82, 2.24) is 25.0 Å². The summed E-state index contributed by atoms with van der Waals surface area (Å²) in [6, 6.07) is 7.69. The van der Waals surface area contributed by atoms with Gasteiger partial charge in [-0.15, -0.1) is 10.2 Å². The van der Waals surface area contributed by atoms with E-state index < -0.39 is 5.54 Å². The van der Waals surface area contributed by atoms with Crippen LogP contribution in [0.5, 0.6) is 0 Å². The molecule has 0 aliphatic carbocycles. The van der Waals surface area contributed by atoms with E-state index in [-0.39, 0.29) is 11.9 Å². The van der Waals surface area contributed by atoms with Gasteiger partial charge in [0, 0.05) is 12.3 Å². The number of benzene rings is 1. The molecule has 1 N–H and O–H groups in total. The van der Waals surface area contributed by atoms with E-state index >= 15 is 0 Å². The van der Waals surface area contributed by atoms with Gasteiger partial charge in [-0.3, -0.25) is 14.3 Å². The largest absolute Gasteiger partial charge is 0.325 e. The number of hydrogen-bond donors (Lipinski definition) is 1. The van der Waals surface area contributed by atoms with Gasteiger partial charge in [0.05, 0.1) is 5.69 Å². The SMILES string of the molecule is Cc1ccccc1-n1c(C)nnc1SCCN1C(=O)NC(C)(C)C1=O. The second-order valence-corrected chi connectivity index (χ2v) is 7.57. The molecule has 3 rings (SSSR count). The lowest BCUT2D eigenvalue weighted by Crippen LogP contribution is -2.40. The lowest BCUT2D eigenvalue weighted by atomic mass is 10.1. The highest BCUT2D eigenvalue weighted by Crippen LogP contribution is 2.24. The first-order valence-corrected chi connectivity index (χ1v) is 9.05. The molecule has 0 bridgehead atoms. The average Bonchev–Trinajstić information content (AvgIpc) is 3.00. The minimum Gasteiger partial charge on any atom is -0.324 e. The van der Waals surface area contributed by atoms with Crippen LogP contribution in [0.2, 0.25) is 0 Å². The van der Waals surface area contributed by atoms with Crippen molar-refractivity contribution in [3.63, 3.8) is 0 Å². The van der Waals surface area contributed by atoms with Gasteiger partial charge in [-0.25, -0.2) is 4.79 Å². The van der Waals surface area contributed by atoms with Crippen molar-refractivity contribution in [2.24, 2.45) is 0 Å². The van der Waals surface area contributed by atoms with Crippen molar-refractivity contribution in [2.75, 3.05) is 12.3 Å². The third kappa shape index (κ3) is 3.26. The molecule has 8 heteroatoms. The number of hydrogen-bond acceptors (Lipinski definition) is 5. The van der Waals surface area contributed by atoms with E-state index in [0.717, 1.165) is 22.2 Å². The van der Waals surface area contributed by atoms with Crippen LogP contribution in [0.4, 0.5) is 4.79 Å². The molecule has 25 heavy (non-hydrogen) atoms. The fraction of sp³-hybridized carbons (Fsp3) is 0.412. The van der Waals surface area contributed by atoms with Crippen LogP contribution in [-0.2, 0) is 4.79 Å². The van der Waals surface area contributed by atoms with E-state index in [2.05, 4.69) is 15.5 Å². The van der Waals surface area contributed by atoms with Crippen LogP contribution in [0.3, 0.4) is 0 Å². The number of nitrogens with one attached hydrogen (secondary N) is 1.